The van der Waals surface area contributed by atoms with Crippen molar-refractivity contribution in [1.29, 1.82) is 0 Å². The summed E-state index contributed by atoms with van der Waals surface area (Å²) < 4.78 is 26.5. The van der Waals surface area contributed by atoms with Gasteiger partial charge in [0.15, 0.2) is 0 Å². The maximum absolute atomic E-state index is 13.6. The highest BCUT2D eigenvalue weighted by Gasteiger charge is 2.16. The Labute approximate surface area is 158 Å². The van der Waals surface area contributed by atoms with Crippen molar-refractivity contribution in [2.24, 2.45) is 0 Å². The van der Waals surface area contributed by atoms with E-state index < -0.39 is 17.5 Å². The maximum Gasteiger partial charge on any atom is 0.254 e. The highest BCUT2D eigenvalue weighted by molar-refractivity contribution is 5.95. The van der Waals surface area contributed by atoms with Crippen molar-refractivity contribution in [3.8, 4) is 0 Å². The van der Waals surface area contributed by atoms with E-state index in [9.17, 15) is 18.4 Å². The van der Waals surface area contributed by atoms with Gasteiger partial charge in [-0.3, -0.25) is 9.59 Å². The Morgan fingerprint density at radius 1 is 1.07 bits per heavy atom. The molecule has 0 aliphatic carbocycles. The van der Waals surface area contributed by atoms with E-state index in [0.717, 1.165) is 28.9 Å². The first-order valence-corrected chi connectivity index (χ1v) is 8.94. The van der Waals surface area contributed by atoms with Crippen LogP contribution in [0.5, 0.6) is 0 Å². The number of anilines is 1. The van der Waals surface area contributed by atoms with Crippen LogP contribution in [0.15, 0.2) is 36.4 Å². The molecule has 0 aliphatic heterocycles. The van der Waals surface area contributed by atoms with Crippen LogP contribution in [-0.2, 0) is 4.79 Å². The molecule has 0 saturated heterocycles. The summed E-state index contributed by atoms with van der Waals surface area (Å²) in [5.74, 6) is -2.30. The zero-order chi connectivity index (χ0) is 20.0. The molecule has 0 aliphatic rings. The van der Waals surface area contributed by atoms with E-state index in [1.165, 1.54) is 0 Å². The Kier molecular flexibility index (Phi) is 7.05. The fourth-order valence-electron chi connectivity index (χ4n) is 2.84. The largest absolute Gasteiger partial charge is 0.352 e. The summed E-state index contributed by atoms with van der Waals surface area (Å²) in [5.41, 5.74) is 2.78. The first kappa shape index (κ1) is 20.6. The molecule has 0 spiro atoms. The van der Waals surface area contributed by atoms with Gasteiger partial charge in [-0.05, 0) is 56.5 Å². The van der Waals surface area contributed by atoms with Crippen molar-refractivity contribution in [3.63, 3.8) is 0 Å². The minimum Gasteiger partial charge on any atom is -0.352 e. The van der Waals surface area contributed by atoms with E-state index in [-0.39, 0.29) is 24.4 Å². The van der Waals surface area contributed by atoms with E-state index in [0.29, 0.717) is 19.0 Å². The quantitative estimate of drug-likeness (QED) is 0.741. The SMILES string of the molecule is CCN(C(=O)CCCNC(=O)c1ccc(F)cc1F)c1cc(C)ccc1C. The Hall–Kier alpha value is -2.76. The van der Waals surface area contributed by atoms with Crippen molar-refractivity contribution in [2.75, 3.05) is 18.0 Å². The van der Waals surface area contributed by atoms with Crippen LogP contribution in [0.25, 0.3) is 0 Å². The molecule has 0 heterocycles. The van der Waals surface area contributed by atoms with Gasteiger partial charge in [-0.15, -0.1) is 0 Å². The molecule has 0 unspecified atom stereocenters. The molecule has 144 valence electrons. The Balaban J connectivity index is 1.89. The molecule has 4 nitrogen and oxygen atoms in total. The van der Waals surface area contributed by atoms with Gasteiger partial charge in [-0.25, -0.2) is 8.78 Å². The molecule has 0 aromatic heterocycles. The lowest BCUT2D eigenvalue weighted by Crippen LogP contribution is -2.32. The third kappa shape index (κ3) is 5.36. The number of carbonyl (C=O) groups excluding carboxylic acids is 2. The van der Waals surface area contributed by atoms with Crippen molar-refractivity contribution in [3.05, 3.63) is 64.7 Å². The van der Waals surface area contributed by atoms with E-state index in [1.54, 1.807) is 4.90 Å². The monoisotopic (exact) mass is 374 g/mol. The lowest BCUT2D eigenvalue weighted by atomic mass is 10.1. The molecule has 0 radical (unpaired) electrons. The molecule has 2 aromatic rings. The third-order valence-electron chi connectivity index (χ3n) is 4.30. The van der Waals surface area contributed by atoms with E-state index in [4.69, 9.17) is 0 Å². The number of halogens is 2. The van der Waals surface area contributed by atoms with E-state index >= 15 is 0 Å². The first-order chi connectivity index (χ1) is 12.8. The fraction of sp³-hybridized carbons (Fsp3) is 0.333. The van der Waals surface area contributed by atoms with Crippen LogP contribution in [0.3, 0.4) is 0 Å². The van der Waals surface area contributed by atoms with Gasteiger partial charge in [0.1, 0.15) is 11.6 Å². The van der Waals surface area contributed by atoms with Gasteiger partial charge in [-0.2, -0.15) is 0 Å². The normalized spacial score (nSPS) is 10.6. The van der Waals surface area contributed by atoms with Gasteiger partial charge >= 0.3 is 0 Å². The number of amides is 2. The van der Waals surface area contributed by atoms with Crippen molar-refractivity contribution < 1.29 is 18.4 Å². The molecule has 2 aromatic carbocycles. The lowest BCUT2D eigenvalue weighted by molar-refractivity contribution is -0.118. The average molecular weight is 374 g/mol. The van der Waals surface area contributed by atoms with Crippen LogP contribution in [0.1, 0.15) is 41.3 Å². The standard InChI is InChI=1S/C21H24F2N2O2/c1-4-25(19-12-14(2)7-8-15(19)3)20(26)6-5-11-24-21(27)17-10-9-16(22)13-18(17)23/h7-10,12-13H,4-6,11H2,1-3H3,(H,24,27). The smallest absolute Gasteiger partial charge is 0.254 e. The van der Waals surface area contributed by atoms with E-state index in [2.05, 4.69) is 5.32 Å². The topological polar surface area (TPSA) is 49.4 Å². The van der Waals surface area contributed by atoms with Crippen molar-refractivity contribution in [2.45, 2.75) is 33.6 Å². The second kappa shape index (κ2) is 9.26. The second-order valence-corrected chi connectivity index (χ2v) is 6.41. The first-order valence-electron chi connectivity index (χ1n) is 8.94. The number of aryl methyl sites for hydroxylation is 2. The number of hydrogen-bond acceptors (Lipinski definition) is 2. The molecule has 27 heavy (non-hydrogen) atoms. The van der Waals surface area contributed by atoms with Crippen LogP contribution in [0, 0.1) is 25.5 Å². The summed E-state index contributed by atoms with van der Waals surface area (Å²) in [4.78, 5) is 26.2. The van der Waals surface area contributed by atoms with Crippen molar-refractivity contribution in [1.82, 2.24) is 5.32 Å². The third-order valence-corrected chi connectivity index (χ3v) is 4.30. The molecule has 2 amide bonds. The summed E-state index contributed by atoms with van der Waals surface area (Å²) in [7, 11) is 0. The summed E-state index contributed by atoms with van der Waals surface area (Å²) in [5, 5.41) is 2.56. The molecule has 0 fully saturated rings. The van der Waals surface area contributed by atoms with Crippen LogP contribution in [0.2, 0.25) is 0 Å². The van der Waals surface area contributed by atoms with Gasteiger partial charge in [0.2, 0.25) is 5.91 Å². The number of nitrogens with one attached hydrogen (secondary N) is 1. The fourth-order valence-corrected chi connectivity index (χ4v) is 2.84. The maximum atomic E-state index is 13.6. The Bertz CT molecular complexity index is 837. The molecule has 2 rings (SSSR count). The molecule has 1 N–H and O–H groups in total. The predicted octanol–water partition coefficient (Wildman–Crippen LogP) is 4.14. The van der Waals surface area contributed by atoms with Crippen LogP contribution in [0.4, 0.5) is 14.5 Å². The lowest BCUT2D eigenvalue weighted by Gasteiger charge is -2.23. The van der Waals surface area contributed by atoms with Gasteiger partial charge in [-0.1, -0.05) is 12.1 Å². The van der Waals surface area contributed by atoms with Gasteiger partial charge in [0, 0.05) is 31.3 Å². The summed E-state index contributed by atoms with van der Waals surface area (Å²) in [6.07, 6.45) is 0.683. The number of nitrogens with zero attached hydrogens (tertiary/aromatic N) is 1. The van der Waals surface area contributed by atoms with Gasteiger partial charge in [0.25, 0.3) is 5.91 Å². The Morgan fingerprint density at radius 2 is 1.81 bits per heavy atom. The minimum absolute atomic E-state index is 0.0339. The number of carbonyl (C=O) groups is 2. The number of benzene rings is 2. The van der Waals surface area contributed by atoms with Crippen LogP contribution < -0.4 is 10.2 Å². The minimum atomic E-state index is -0.907. The second-order valence-electron chi connectivity index (χ2n) is 6.41. The summed E-state index contributed by atoms with van der Waals surface area (Å²) >= 11 is 0. The van der Waals surface area contributed by atoms with E-state index in [1.807, 2.05) is 39.0 Å². The summed E-state index contributed by atoms with van der Waals surface area (Å²) in [6.45, 7) is 6.63. The molecule has 0 bridgehead atoms. The van der Waals surface area contributed by atoms with Crippen molar-refractivity contribution >= 4 is 17.5 Å². The van der Waals surface area contributed by atoms with Crippen LogP contribution >= 0.6 is 0 Å². The Morgan fingerprint density at radius 3 is 2.48 bits per heavy atom. The zero-order valence-electron chi connectivity index (χ0n) is 15.8. The highest BCUT2D eigenvalue weighted by Crippen LogP contribution is 2.22. The summed E-state index contributed by atoms with van der Waals surface area (Å²) in [6, 6.07) is 8.77. The molecular weight excluding hydrogens is 350 g/mol. The number of hydrogen-bond donors (Lipinski definition) is 1. The molecular formula is C21H24F2N2O2. The molecule has 0 saturated carbocycles. The molecule has 6 heteroatoms. The zero-order valence-corrected chi connectivity index (χ0v) is 15.8. The highest BCUT2D eigenvalue weighted by atomic mass is 19.1. The van der Waals surface area contributed by atoms with Gasteiger partial charge in [0.05, 0.1) is 5.56 Å². The van der Waals surface area contributed by atoms with Crippen LogP contribution in [-0.4, -0.2) is 24.9 Å². The number of rotatable bonds is 7. The van der Waals surface area contributed by atoms with Gasteiger partial charge < -0.3 is 10.2 Å². The predicted molar refractivity (Wildman–Crippen MR) is 102 cm³/mol. The molecule has 0 atom stereocenters. The average Bonchev–Trinajstić information content (AvgIpc) is 2.62.